The number of hydrogen-bond donors (Lipinski definition) is 1. The number of amides is 1. The smallest absolute Gasteiger partial charge is 0.259 e. The summed E-state index contributed by atoms with van der Waals surface area (Å²) < 4.78 is 3.53. The van der Waals surface area contributed by atoms with Crippen molar-refractivity contribution in [1.29, 1.82) is 0 Å². The average Bonchev–Trinajstić information content (AvgIpc) is 3.02. The summed E-state index contributed by atoms with van der Waals surface area (Å²) in [4.78, 5) is 14.4. The van der Waals surface area contributed by atoms with E-state index >= 15 is 0 Å². The van der Waals surface area contributed by atoms with Crippen LogP contribution >= 0.6 is 0 Å². The fourth-order valence-electron chi connectivity index (χ4n) is 2.33. The third kappa shape index (κ3) is 3.33. The second-order valence-corrected chi connectivity index (χ2v) is 5.73. The van der Waals surface area contributed by atoms with Gasteiger partial charge in [0, 0.05) is 32.5 Å². The van der Waals surface area contributed by atoms with E-state index in [-0.39, 0.29) is 12.5 Å². The lowest BCUT2D eigenvalue weighted by atomic mass is 10.1. The molecule has 1 amide bonds. The van der Waals surface area contributed by atoms with Crippen LogP contribution < -0.4 is 0 Å². The van der Waals surface area contributed by atoms with E-state index in [0.717, 1.165) is 5.82 Å². The third-order valence-electron chi connectivity index (χ3n) is 3.23. The summed E-state index contributed by atoms with van der Waals surface area (Å²) in [6, 6.07) is 3.80. The molecular weight excluding hydrogens is 268 g/mol. The van der Waals surface area contributed by atoms with Crippen molar-refractivity contribution < 1.29 is 9.90 Å². The van der Waals surface area contributed by atoms with E-state index in [1.807, 2.05) is 36.0 Å². The van der Waals surface area contributed by atoms with Gasteiger partial charge in [0.15, 0.2) is 0 Å². The van der Waals surface area contributed by atoms with Gasteiger partial charge < -0.3 is 14.6 Å². The van der Waals surface area contributed by atoms with E-state index in [2.05, 4.69) is 5.10 Å². The molecule has 114 valence electrons. The number of nitrogens with zero attached hydrogens (tertiary/aromatic N) is 4. The van der Waals surface area contributed by atoms with E-state index < -0.39 is 5.60 Å². The number of aliphatic hydroxyl groups is 1. The Morgan fingerprint density at radius 1 is 1.38 bits per heavy atom. The number of likely N-dealkylation sites (N-methyl/N-ethyl adjacent to an activating group) is 1. The van der Waals surface area contributed by atoms with Crippen LogP contribution in [0.15, 0.2) is 30.7 Å². The molecule has 2 aromatic heterocycles. The molecule has 0 radical (unpaired) electrons. The van der Waals surface area contributed by atoms with Gasteiger partial charge in [-0.1, -0.05) is 0 Å². The van der Waals surface area contributed by atoms with Gasteiger partial charge in [0.2, 0.25) is 0 Å². The van der Waals surface area contributed by atoms with Crippen LogP contribution in [0.1, 0.15) is 31.1 Å². The van der Waals surface area contributed by atoms with Crippen molar-refractivity contribution >= 4 is 5.91 Å². The zero-order valence-corrected chi connectivity index (χ0v) is 12.9. The summed E-state index contributed by atoms with van der Waals surface area (Å²) in [5, 5.41) is 14.1. The normalized spacial score (nSPS) is 11.7. The summed E-state index contributed by atoms with van der Waals surface area (Å²) in [7, 11) is 1.80. The molecule has 1 N–H and O–H groups in total. The Bertz CT molecular complexity index is 608. The van der Waals surface area contributed by atoms with Crippen LogP contribution in [-0.2, 0) is 7.05 Å². The monoisotopic (exact) mass is 290 g/mol. The maximum Gasteiger partial charge on any atom is 0.259 e. The van der Waals surface area contributed by atoms with Crippen LogP contribution in [0.2, 0.25) is 0 Å². The lowest BCUT2D eigenvalue weighted by Crippen LogP contribution is -2.42. The molecule has 2 rings (SSSR count). The van der Waals surface area contributed by atoms with Crippen LogP contribution in [0.4, 0.5) is 0 Å². The van der Waals surface area contributed by atoms with Crippen LogP contribution in [0.25, 0.3) is 5.82 Å². The predicted molar refractivity (Wildman–Crippen MR) is 80.4 cm³/mol. The first-order chi connectivity index (χ1) is 9.83. The molecule has 6 nitrogen and oxygen atoms in total. The fourth-order valence-corrected chi connectivity index (χ4v) is 2.33. The second kappa shape index (κ2) is 5.73. The summed E-state index contributed by atoms with van der Waals surface area (Å²) in [6.07, 6.45) is 5.32. The molecule has 0 aliphatic rings. The van der Waals surface area contributed by atoms with Crippen molar-refractivity contribution in [2.45, 2.75) is 26.4 Å². The lowest BCUT2D eigenvalue weighted by molar-refractivity contribution is 0.0314. The van der Waals surface area contributed by atoms with Gasteiger partial charge in [-0.3, -0.25) is 9.48 Å². The molecule has 0 aromatic carbocycles. The molecule has 0 atom stereocenters. The Morgan fingerprint density at radius 3 is 2.52 bits per heavy atom. The van der Waals surface area contributed by atoms with E-state index in [0.29, 0.717) is 12.1 Å². The number of aromatic nitrogens is 3. The van der Waals surface area contributed by atoms with Gasteiger partial charge in [0.1, 0.15) is 11.4 Å². The maximum absolute atomic E-state index is 12.7. The first-order valence-corrected chi connectivity index (χ1v) is 7.00. The average molecular weight is 290 g/mol. The fraction of sp³-hybridized carbons (Fsp3) is 0.467. The first kappa shape index (κ1) is 15.3. The minimum absolute atomic E-state index is 0.128. The lowest BCUT2D eigenvalue weighted by Gasteiger charge is -2.28. The highest BCUT2D eigenvalue weighted by Gasteiger charge is 2.26. The molecular formula is C15H22N4O2. The maximum atomic E-state index is 12.7. The van der Waals surface area contributed by atoms with Crippen molar-refractivity contribution in [1.82, 2.24) is 19.2 Å². The van der Waals surface area contributed by atoms with Crippen molar-refractivity contribution in [2.24, 2.45) is 7.05 Å². The predicted octanol–water partition coefficient (Wildman–Crippen LogP) is 1.44. The quantitative estimate of drug-likeness (QED) is 0.906. The topological polar surface area (TPSA) is 63.3 Å². The van der Waals surface area contributed by atoms with Gasteiger partial charge in [-0.25, -0.2) is 0 Å². The Labute approximate surface area is 124 Å². The molecule has 0 saturated carbocycles. The van der Waals surface area contributed by atoms with Crippen LogP contribution in [-0.4, -0.2) is 49.0 Å². The molecule has 21 heavy (non-hydrogen) atoms. The molecule has 0 unspecified atom stereocenters. The molecule has 2 heterocycles. The molecule has 0 fully saturated rings. The van der Waals surface area contributed by atoms with E-state index in [9.17, 15) is 9.90 Å². The summed E-state index contributed by atoms with van der Waals surface area (Å²) in [6.45, 7) is 6.10. The highest BCUT2D eigenvalue weighted by molar-refractivity contribution is 5.97. The number of hydrogen-bond acceptors (Lipinski definition) is 3. The molecule has 6 heteroatoms. The van der Waals surface area contributed by atoms with Crippen LogP contribution in [0.3, 0.4) is 0 Å². The van der Waals surface area contributed by atoms with Gasteiger partial charge >= 0.3 is 0 Å². The first-order valence-electron chi connectivity index (χ1n) is 7.00. The Hall–Kier alpha value is -2.08. The van der Waals surface area contributed by atoms with Gasteiger partial charge in [0.05, 0.1) is 11.8 Å². The Balaban J connectivity index is 2.36. The highest BCUT2D eigenvalue weighted by Crippen LogP contribution is 2.17. The van der Waals surface area contributed by atoms with Gasteiger partial charge in [-0.15, -0.1) is 0 Å². The minimum atomic E-state index is -0.929. The molecule has 0 bridgehead atoms. The zero-order valence-electron chi connectivity index (χ0n) is 12.9. The zero-order chi connectivity index (χ0) is 15.6. The molecule has 0 spiro atoms. The number of rotatable bonds is 5. The van der Waals surface area contributed by atoms with Gasteiger partial charge in [-0.05, 0) is 32.9 Å². The van der Waals surface area contributed by atoms with E-state index in [4.69, 9.17) is 0 Å². The molecule has 2 aromatic rings. The van der Waals surface area contributed by atoms with Crippen LogP contribution in [0.5, 0.6) is 0 Å². The van der Waals surface area contributed by atoms with Crippen molar-refractivity contribution in [3.63, 3.8) is 0 Å². The highest BCUT2D eigenvalue weighted by atomic mass is 16.3. The van der Waals surface area contributed by atoms with Crippen molar-refractivity contribution in [2.75, 3.05) is 13.1 Å². The van der Waals surface area contributed by atoms with E-state index in [1.165, 1.54) is 0 Å². The van der Waals surface area contributed by atoms with Crippen molar-refractivity contribution in [3.8, 4) is 5.82 Å². The number of carbonyl (C=O) groups excluding carboxylic acids is 1. The molecule has 0 saturated heterocycles. The standard InChI is InChI=1S/C15H22N4O2/c1-5-18(11-15(2,3)21)14(20)12-10-16-17(4)13(12)19-8-6-7-9-19/h6-10,21H,5,11H2,1-4H3. The van der Waals surface area contributed by atoms with Crippen molar-refractivity contribution in [3.05, 3.63) is 36.3 Å². The Morgan fingerprint density at radius 2 is 2.00 bits per heavy atom. The largest absolute Gasteiger partial charge is 0.389 e. The van der Waals surface area contributed by atoms with Gasteiger partial charge in [-0.2, -0.15) is 5.10 Å². The van der Waals surface area contributed by atoms with Crippen LogP contribution in [0, 0.1) is 0 Å². The van der Waals surface area contributed by atoms with E-state index in [1.54, 1.807) is 36.7 Å². The second-order valence-electron chi connectivity index (χ2n) is 5.73. The Kier molecular flexibility index (Phi) is 4.18. The van der Waals surface area contributed by atoms with Gasteiger partial charge in [0.25, 0.3) is 5.91 Å². The minimum Gasteiger partial charge on any atom is -0.389 e. The molecule has 0 aliphatic heterocycles. The number of carbonyl (C=O) groups is 1. The summed E-state index contributed by atoms with van der Waals surface area (Å²) >= 11 is 0. The number of aryl methyl sites for hydroxylation is 1. The summed E-state index contributed by atoms with van der Waals surface area (Å²) in [5.74, 6) is 0.593. The summed E-state index contributed by atoms with van der Waals surface area (Å²) in [5.41, 5.74) is -0.401. The SMILES string of the molecule is CCN(CC(C)(C)O)C(=O)c1cnn(C)c1-n1cccc1. The molecule has 0 aliphatic carbocycles. The third-order valence-corrected chi connectivity index (χ3v) is 3.23.